The number of nitrogens with zero attached hydrogens (tertiary/aromatic N) is 3. The number of unbranched alkanes of at least 4 members (excludes halogenated alkanes) is 1. The van der Waals surface area contributed by atoms with E-state index in [1.165, 1.54) is 0 Å². The maximum atomic E-state index is 11.8. The first-order valence-corrected chi connectivity index (χ1v) is 7.55. The van der Waals surface area contributed by atoms with E-state index in [0.717, 1.165) is 39.0 Å². The van der Waals surface area contributed by atoms with E-state index in [9.17, 15) is 4.79 Å². The van der Waals surface area contributed by atoms with E-state index in [0.29, 0.717) is 12.1 Å². The summed E-state index contributed by atoms with van der Waals surface area (Å²) in [5, 5.41) is 9.50. The maximum absolute atomic E-state index is 11.8. The Morgan fingerprint density at radius 3 is 2.67 bits per heavy atom. The molecule has 1 saturated heterocycles. The van der Waals surface area contributed by atoms with Gasteiger partial charge in [0.15, 0.2) is 0 Å². The number of nitrogens with one attached hydrogen (secondary N) is 1. The van der Waals surface area contributed by atoms with Crippen LogP contribution in [0.4, 0.5) is 0 Å². The molecule has 0 atom stereocenters. The van der Waals surface area contributed by atoms with Crippen LogP contribution in [0.3, 0.4) is 0 Å². The van der Waals surface area contributed by atoms with E-state index in [-0.39, 0.29) is 5.91 Å². The number of rotatable bonds is 6. The van der Waals surface area contributed by atoms with Gasteiger partial charge in [0.1, 0.15) is 0 Å². The normalized spacial score (nSPS) is 16.3. The van der Waals surface area contributed by atoms with Crippen LogP contribution < -0.4 is 5.32 Å². The van der Waals surface area contributed by atoms with Crippen molar-refractivity contribution < 1.29 is 4.79 Å². The molecule has 1 N–H and O–H groups in total. The summed E-state index contributed by atoms with van der Waals surface area (Å²) in [4.78, 5) is 14.1. The predicted molar refractivity (Wildman–Crippen MR) is 85.6 cm³/mol. The van der Waals surface area contributed by atoms with E-state index < -0.39 is 0 Å². The number of amides is 1. The lowest BCUT2D eigenvalue weighted by Gasteiger charge is -2.30. The first-order chi connectivity index (χ1) is 10.3. The molecule has 1 amide bonds. The molecule has 0 radical (unpaired) electrons. The van der Waals surface area contributed by atoms with E-state index in [2.05, 4.69) is 27.4 Å². The Bertz CT molecular complexity index is 453. The van der Waals surface area contributed by atoms with Gasteiger partial charge in [-0.15, -0.1) is 0 Å². The van der Waals surface area contributed by atoms with Crippen LogP contribution in [-0.4, -0.2) is 61.8 Å². The van der Waals surface area contributed by atoms with Gasteiger partial charge >= 0.3 is 0 Å². The molecule has 1 aromatic rings. The Morgan fingerprint density at radius 2 is 1.95 bits per heavy atom. The molecule has 1 aliphatic heterocycles. The summed E-state index contributed by atoms with van der Waals surface area (Å²) >= 11 is 0. The Balaban J connectivity index is 1.57. The lowest BCUT2D eigenvalue weighted by atomic mass is 10.2. The minimum atomic E-state index is -0.00777. The Kier molecular flexibility index (Phi) is 6.22. The summed E-state index contributed by atoms with van der Waals surface area (Å²) in [6.07, 6.45) is 3.76. The summed E-state index contributed by atoms with van der Waals surface area (Å²) in [6, 6.07) is 9.30. The first-order valence-electron chi connectivity index (χ1n) is 7.55. The van der Waals surface area contributed by atoms with Crippen LogP contribution >= 0.6 is 0 Å². The summed E-state index contributed by atoms with van der Waals surface area (Å²) < 4.78 is 0. The van der Waals surface area contributed by atoms with Crippen LogP contribution in [0.15, 0.2) is 35.4 Å². The van der Waals surface area contributed by atoms with Crippen LogP contribution in [0.1, 0.15) is 23.2 Å². The van der Waals surface area contributed by atoms with Crippen molar-refractivity contribution in [3.05, 3.63) is 35.9 Å². The SMILES string of the molecule is CN1CCN(/N=C/CCCNC(=O)c2ccccc2)CC1. The van der Waals surface area contributed by atoms with Gasteiger partial charge in [-0.05, 0) is 32.0 Å². The number of hydrogen-bond donors (Lipinski definition) is 1. The van der Waals surface area contributed by atoms with Gasteiger partial charge in [0.25, 0.3) is 5.91 Å². The lowest BCUT2D eigenvalue weighted by molar-refractivity contribution is 0.0953. The molecular formula is C16H24N4O. The van der Waals surface area contributed by atoms with Crippen molar-refractivity contribution in [2.45, 2.75) is 12.8 Å². The van der Waals surface area contributed by atoms with Crippen LogP contribution in [0, 0.1) is 0 Å². The largest absolute Gasteiger partial charge is 0.352 e. The zero-order valence-corrected chi connectivity index (χ0v) is 12.7. The molecule has 0 aliphatic carbocycles. The zero-order chi connectivity index (χ0) is 14.9. The van der Waals surface area contributed by atoms with Crippen LogP contribution in [0.5, 0.6) is 0 Å². The van der Waals surface area contributed by atoms with Crippen LogP contribution in [0.2, 0.25) is 0 Å². The molecule has 21 heavy (non-hydrogen) atoms. The van der Waals surface area contributed by atoms with Crippen molar-refractivity contribution in [1.29, 1.82) is 0 Å². The van der Waals surface area contributed by atoms with E-state index >= 15 is 0 Å². The molecule has 1 fully saturated rings. The zero-order valence-electron chi connectivity index (χ0n) is 12.7. The molecule has 0 aromatic heterocycles. The second-order valence-corrected chi connectivity index (χ2v) is 5.32. The fourth-order valence-electron chi connectivity index (χ4n) is 2.17. The van der Waals surface area contributed by atoms with Crippen molar-refractivity contribution in [2.75, 3.05) is 39.8 Å². The molecule has 1 aromatic carbocycles. The molecule has 2 rings (SSSR count). The topological polar surface area (TPSA) is 47.9 Å². The van der Waals surface area contributed by atoms with Crippen LogP contribution in [-0.2, 0) is 0 Å². The summed E-state index contributed by atoms with van der Waals surface area (Å²) in [7, 11) is 2.14. The third-order valence-electron chi connectivity index (χ3n) is 3.56. The number of piperazine rings is 1. The second-order valence-electron chi connectivity index (χ2n) is 5.32. The highest BCUT2D eigenvalue weighted by Gasteiger charge is 2.10. The van der Waals surface area contributed by atoms with Gasteiger partial charge < -0.3 is 10.2 Å². The van der Waals surface area contributed by atoms with Crippen molar-refractivity contribution in [2.24, 2.45) is 5.10 Å². The smallest absolute Gasteiger partial charge is 0.251 e. The predicted octanol–water partition coefficient (Wildman–Crippen LogP) is 1.43. The first kappa shape index (κ1) is 15.5. The monoisotopic (exact) mass is 288 g/mol. The van der Waals surface area contributed by atoms with Gasteiger partial charge in [0.2, 0.25) is 0 Å². The minimum Gasteiger partial charge on any atom is -0.352 e. The van der Waals surface area contributed by atoms with E-state index in [1.807, 2.05) is 36.5 Å². The third kappa shape index (κ3) is 5.55. The van der Waals surface area contributed by atoms with Gasteiger partial charge in [-0.25, -0.2) is 0 Å². The van der Waals surface area contributed by atoms with Crippen molar-refractivity contribution in [3.8, 4) is 0 Å². The molecule has 0 saturated carbocycles. The average Bonchev–Trinajstić information content (AvgIpc) is 2.53. The summed E-state index contributed by atoms with van der Waals surface area (Å²) in [6.45, 7) is 4.83. The summed E-state index contributed by atoms with van der Waals surface area (Å²) in [5.74, 6) is -0.00777. The average molecular weight is 288 g/mol. The third-order valence-corrected chi connectivity index (χ3v) is 3.56. The number of carbonyl (C=O) groups excluding carboxylic acids is 1. The van der Waals surface area contributed by atoms with Gasteiger partial charge in [-0.1, -0.05) is 18.2 Å². The quantitative estimate of drug-likeness (QED) is 0.636. The molecule has 0 unspecified atom stereocenters. The molecule has 5 nitrogen and oxygen atoms in total. The second kappa shape index (κ2) is 8.42. The molecule has 114 valence electrons. The number of likely N-dealkylation sites (N-methyl/N-ethyl adjacent to an activating group) is 1. The fourth-order valence-corrected chi connectivity index (χ4v) is 2.17. The maximum Gasteiger partial charge on any atom is 0.251 e. The van der Waals surface area contributed by atoms with Crippen molar-refractivity contribution in [1.82, 2.24) is 15.2 Å². The summed E-state index contributed by atoms with van der Waals surface area (Å²) in [5.41, 5.74) is 0.712. The molecule has 0 bridgehead atoms. The van der Waals surface area contributed by atoms with Gasteiger partial charge in [0, 0.05) is 44.5 Å². The molecule has 0 spiro atoms. The molecular weight excluding hydrogens is 264 g/mol. The Morgan fingerprint density at radius 1 is 1.24 bits per heavy atom. The number of hydrogen-bond acceptors (Lipinski definition) is 4. The van der Waals surface area contributed by atoms with Crippen LogP contribution in [0.25, 0.3) is 0 Å². The highest BCUT2D eigenvalue weighted by atomic mass is 16.1. The van der Waals surface area contributed by atoms with Gasteiger partial charge in [-0.2, -0.15) is 5.10 Å². The van der Waals surface area contributed by atoms with Gasteiger partial charge in [0.05, 0.1) is 0 Å². The minimum absolute atomic E-state index is 0.00777. The van der Waals surface area contributed by atoms with E-state index in [4.69, 9.17) is 0 Å². The van der Waals surface area contributed by atoms with Crippen molar-refractivity contribution in [3.63, 3.8) is 0 Å². The number of benzene rings is 1. The molecule has 5 heteroatoms. The van der Waals surface area contributed by atoms with Gasteiger partial charge in [-0.3, -0.25) is 9.80 Å². The standard InChI is InChI=1S/C16H24N4O/c1-19-11-13-20(14-12-19)18-10-6-5-9-17-16(21)15-7-3-2-4-8-15/h2-4,7-8,10H,5-6,9,11-14H2,1H3,(H,17,21)/b18-10+. The van der Waals surface area contributed by atoms with E-state index in [1.54, 1.807) is 0 Å². The highest BCUT2D eigenvalue weighted by Crippen LogP contribution is 2.00. The van der Waals surface area contributed by atoms with Crippen molar-refractivity contribution >= 4 is 12.1 Å². The number of carbonyl (C=O) groups is 1. The molecule has 1 heterocycles. The fraction of sp³-hybridized carbons (Fsp3) is 0.500. The molecule has 1 aliphatic rings. The Hall–Kier alpha value is -1.88. The number of hydrazone groups is 1. The highest BCUT2D eigenvalue weighted by molar-refractivity contribution is 5.94. The lowest BCUT2D eigenvalue weighted by Crippen LogP contribution is -2.41. The Labute approximate surface area is 126 Å².